The Bertz CT molecular complexity index is 1290. The summed E-state index contributed by atoms with van der Waals surface area (Å²) in [4.78, 5) is 18.2. The van der Waals surface area contributed by atoms with Crippen molar-refractivity contribution in [2.45, 2.75) is 13.8 Å². The van der Waals surface area contributed by atoms with Crippen LogP contribution in [0.4, 0.5) is 5.69 Å². The molecule has 0 bridgehead atoms. The standard InChI is InChI=1S/C24H24N4O3/c1-14-9-10-21(31-5)20(11-14)26-24(29)18-13-19(16-7-6-8-17(12-16)30-4)25-23-22(18)15(2)27-28(23)3/h6-13H,1-5H3,(H,26,29). The van der Waals surface area contributed by atoms with E-state index in [2.05, 4.69) is 10.4 Å². The van der Waals surface area contributed by atoms with Crippen LogP contribution in [0.5, 0.6) is 11.5 Å². The molecule has 158 valence electrons. The molecule has 7 nitrogen and oxygen atoms in total. The third kappa shape index (κ3) is 3.82. The van der Waals surface area contributed by atoms with Gasteiger partial charge in [0.25, 0.3) is 5.91 Å². The van der Waals surface area contributed by atoms with Gasteiger partial charge in [-0.2, -0.15) is 5.10 Å². The minimum atomic E-state index is -0.253. The molecule has 4 aromatic rings. The maximum absolute atomic E-state index is 13.4. The molecular weight excluding hydrogens is 392 g/mol. The summed E-state index contributed by atoms with van der Waals surface area (Å²) in [6.07, 6.45) is 0. The van der Waals surface area contributed by atoms with E-state index in [4.69, 9.17) is 14.5 Å². The Morgan fingerprint density at radius 3 is 2.58 bits per heavy atom. The fraction of sp³-hybridized carbons (Fsp3) is 0.208. The molecule has 0 saturated carbocycles. The molecule has 7 heteroatoms. The first-order valence-electron chi connectivity index (χ1n) is 9.86. The number of aromatic nitrogens is 3. The monoisotopic (exact) mass is 416 g/mol. The molecule has 0 spiro atoms. The van der Waals surface area contributed by atoms with Crippen molar-refractivity contribution in [3.05, 3.63) is 65.4 Å². The Balaban J connectivity index is 1.86. The number of benzene rings is 2. The van der Waals surface area contributed by atoms with Crippen LogP contribution in [-0.4, -0.2) is 34.9 Å². The topological polar surface area (TPSA) is 78.3 Å². The molecule has 0 aliphatic heterocycles. The first-order chi connectivity index (χ1) is 14.9. The average Bonchev–Trinajstić information content (AvgIpc) is 3.06. The molecule has 2 aromatic heterocycles. The van der Waals surface area contributed by atoms with Crippen LogP contribution < -0.4 is 14.8 Å². The number of nitrogens with one attached hydrogen (secondary N) is 1. The number of hydrogen-bond acceptors (Lipinski definition) is 5. The molecule has 31 heavy (non-hydrogen) atoms. The molecule has 0 fully saturated rings. The van der Waals surface area contributed by atoms with Crippen LogP contribution in [0, 0.1) is 13.8 Å². The van der Waals surface area contributed by atoms with E-state index in [-0.39, 0.29) is 5.91 Å². The fourth-order valence-electron chi connectivity index (χ4n) is 3.66. The molecule has 1 N–H and O–H groups in total. The van der Waals surface area contributed by atoms with Crippen molar-refractivity contribution in [2.75, 3.05) is 19.5 Å². The molecule has 2 aromatic carbocycles. The van der Waals surface area contributed by atoms with Crippen LogP contribution in [0.15, 0.2) is 48.5 Å². The van der Waals surface area contributed by atoms with Crippen LogP contribution in [0.25, 0.3) is 22.3 Å². The predicted octanol–water partition coefficient (Wildman–Crippen LogP) is 4.52. The number of rotatable bonds is 5. The molecule has 0 atom stereocenters. The number of nitrogens with zero attached hydrogens (tertiary/aromatic N) is 3. The summed E-state index contributed by atoms with van der Waals surface area (Å²) in [6, 6.07) is 15.0. The van der Waals surface area contributed by atoms with Crippen molar-refractivity contribution in [3.63, 3.8) is 0 Å². The number of aryl methyl sites for hydroxylation is 3. The van der Waals surface area contributed by atoms with Gasteiger partial charge in [0.2, 0.25) is 0 Å². The maximum atomic E-state index is 13.4. The minimum Gasteiger partial charge on any atom is -0.497 e. The third-order valence-electron chi connectivity index (χ3n) is 5.18. The van der Waals surface area contributed by atoms with Crippen molar-refractivity contribution in [2.24, 2.45) is 7.05 Å². The normalized spacial score (nSPS) is 10.9. The van der Waals surface area contributed by atoms with Gasteiger partial charge in [-0.15, -0.1) is 0 Å². The molecule has 0 radical (unpaired) electrons. The molecular formula is C24H24N4O3. The van der Waals surface area contributed by atoms with E-state index in [1.165, 1.54) is 0 Å². The van der Waals surface area contributed by atoms with Gasteiger partial charge in [0.05, 0.1) is 42.2 Å². The van der Waals surface area contributed by atoms with E-state index in [0.29, 0.717) is 28.3 Å². The number of amides is 1. The predicted molar refractivity (Wildman–Crippen MR) is 121 cm³/mol. The van der Waals surface area contributed by atoms with Crippen LogP contribution >= 0.6 is 0 Å². The lowest BCUT2D eigenvalue weighted by molar-refractivity contribution is 0.102. The second-order valence-corrected chi connectivity index (χ2v) is 7.35. The number of pyridine rings is 1. The SMILES string of the molecule is COc1cccc(-c2cc(C(=O)Nc3cc(C)ccc3OC)c3c(C)nn(C)c3n2)c1. The Hall–Kier alpha value is -3.87. The van der Waals surface area contributed by atoms with E-state index in [1.54, 1.807) is 25.0 Å². The highest BCUT2D eigenvalue weighted by Gasteiger charge is 2.20. The number of carbonyl (C=O) groups excluding carboxylic acids is 1. The lowest BCUT2D eigenvalue weighted by atomic mass is 10.0. The van der Waals surface area contributed by atoms with Gasteiger partial charge in [0.1, 0.15) is 11.5 Å². The number of carbonyl (C=O) groups is 1. The zero-order valence-corrected chi connectivity index (χ0v) is 18.2. The highest BCUT2D eigenvalue weighted by molar-refractivity contribution is 6.13. The maximum Gasteiger partial charge on any atom is 0.256 e. The summed E-state index contributed by atoms with van der Waals surface area (Å²) in [5.41, 5.74) is 5.02. The van der Waals surface area contributed by atoms with Crippen LogP contribution in [0.1, 0.15) is 21.6 Å². The number of ether oxygens (including phenoxy) is 2. The van der Waals surface area contributed by atoms with Crippen LogP contribution in [0.2, 0.25) is 0 Å². The van der Waals surface area contributed by atoms with Crippen LogP contribution in [0.3, 0.4) is 0 Å². The van der Waals surface area contributed by atoms with Gasteiger partial charge in [0, 0.05) is 12.6 Å². The van der Waals surface area contributed by atoms with Gasteiger partial charge in [-0.25, -0.2) is 4.98 Å². The third-order valence-corrected chi connectivity index (χ3v) is 5.18. The van der Waals surface area contributed by atoms with E-state index in [0.717, 1.165) is 28.0 Å². The molecule has 1 amide bonds. The number of methoxy groups -OCH3 is 2. The largest absolute Gasteiger partial charge is 0.497 e. The van der Waals surface area contributed by atoms with E-state index in [1.807, 2.05) is 63.4 Å². The van der Waals surface area contributed by atoms with Crippen LogP contribution in [-0.2, 0) is 7.05 Å². The molecule has 0 aliphatic carbocycles. The van der Waals surface area contributed by atoms with E-state index < -0.39 is 0 Å². The summed E-state index contributed by atoms with van der Waals surface area (Å²) < 4.78 is 12.5. The molecule has 0 unspecified atom stereocenters. The van der Waals surface area contributed by atoms with Gasteiger partial charge in [-0.05, 0) is 49.7 Å². The smallest absolute Gasteiger partial charge is 0.256 e. The van der Waals surface area contributed by atoms with Gasteiger partial charge < -0.3 is 14.8 Å². The number of hydrogen-bond donors (Lipinski definition) is 1. The second kappa shape index (κ2) is 8.10. The molecule has 4 rings (SSSR count). The molecule has 0 aliphatic rings. The first kappa shape index (κ1) is 20.4. The van der Waals surface area contributed by atoms with Crippen molar-refractivity contribution in [3.8, 4) is 22.8 Å². The molecule has 0 saturated heterocycles. The summed E-state index contributed by atoms with van der Waals surface area (Å²) in [5.74, 6) is 1.06. The van der Waals surface area contributed by atoms with Gasteiger partial charge in [-0.3, -0.25) is 9.48 Å². The summed E-state index contributed by atoms with van der Waals surface area (Å²) in [7, 11) is 5.02. The zero-order valence-electron chi connectivity index (χ0n) is 18.2. The Labute approximate surface area is 180 Å². The zero-order chi connectivity index (χ0) is 22.1. The van der Waals surface area contributed by atoms with Gasteiger partial charge in [0.15, 0.2) is 5.65 Å². The van der Waals surface area contributed by atoms with Gasteiger partial charge in [-0.1, -0.05) is 18.2 Å². The Morgan fingerprint density at radius 2 is 1.84 bits per heavy atom. The lowest BCUT2D eigenvalue weighted by Gasteiger charge is -2.13. The highest BCUT2D eigenvalue weighted by Crippen LogP contribution is 2.31. The Kier molecular flexibility index (Phi) is 5.33. The summed E-state index contributed by atoms with van der Waals surface area (Å²) >= 11 is 0. The van der Waals surface area contributed by atoms with E-state index >= 15 is 0 Å². The van der Waals surface area contributed by atoms with Crippen molar-refractivity contribution < 1.29 is 14.3 Å². The average molecular weight is 416 g/mol. The highest BCUT2D eigenvalue weighted by atomic mass is 16.5. The first-order valence-corrected chi connectivity index (χ1v) is 9.86. The lowest BCUT2D eigenvalue weighted by Crippen LogP contribution is -2.14. The van der Waals surface area contributed by atoms with Gasteiger partial charge >= 0.3 is 0 Å². The Morgan fingerprint density at radius 1 is 1.03 bits per heavy atom. The summed E-state index contributed by atoms with van der Waals surface area (Å²) in [5, 5.41) is 8.20. The van der Waals surface area contributed by atoms with E-state index in [9.17, 15) is 4.79 Å². The second-order valence-electron chi connectivity index (χ2n) is 7.35. The van der Waals surface area contributed by atoms with Crippen molar-refractivity contribution >= 4 is 22.6 Å². The quantitative estimate of drug-likeness (QED) is 0.517. The number of fused-ring (bicyclic) bond motifs is 1. The minimum absolute atomic E-state index is 0.253. The van der Waals surface area contributed by atoms with Crippen molar-refractivity contribution in [1.29, 1.82) is 0 Å². The fourth-order valence-corrected chi connectivity index (χ4v) is 3.66. The number of anilines is 1. The van der Waals surface area contributed by atoms with Crippen molar-refractivity contribution in [1.82, 2.24) is 14.8 Å². The summed E-state index contributed by atoms with van der Waals surface area (Å²) in [6.45, 7) is 3.84. The molecule has 2 heterocycles.